The van der Waals surface area contributed by atoms with Crippen molar-refractivity contribution >= 4 is 11.8 Å². The van der Waals surface area contributed by atoms with E-state index in [0.29, 0.717) is 0 Å². The van der Waals surface area contributed by atoms with E-state index in [0.717, 1.165) is 31.4 Å². The average Bonchev–Trinajstić information content (AvgIpc) is 2.92. The molecule has 1 spiro atoms. The Hall–Kier alpha value is -1.91. The molecular formula is C15H19N3O2. The number of amides is 2. The van der Waals surface area contributed by atoms with Crippen molar-refractivity contribution in [1.82, 2.24) is 15.2 Å². The maximum atomic E-state index is 12.8. The maximum absolute atomic E-state index is 12.8. The van der Waals surface area contributed by atoms with Gasteiger partial charge in [-0.15, -0.1) is 0 Å². The van der Waals surface area contributed by atoms with E-state index in [1.807, 2.05) is 25.1 Å². The van der Waals surface area contributed by atoms with Gasteiger partial charge in [-0.25, -0.2) is 0 Å². The summed E-state index contributed by atoms with van der Waals surface area (Å²) in [6.07, 6.45) is 5.22. The molecule has 1 aliphatic heterocycles. The Kier molecular flexibility index (Phi) is 3.20. The summed E-state index contributed by atoms with van der Waals surface area (Å²) in [5.74, 6) is -0.0120. The Morgan fingerprint density at radius 2 is 2.05 bits per heavy atom. The Morgan fingerprint density at radius 3 is 2.70 bits per heavy atom. The minimum atomic E-state index is -0.654. The molecule has 2 amide bonds. The molecule has 2 fully saturated rings. The summed E-state index contributed by atoms with van der Waals surface area (Å²) in [6.45, 7) is 2.06. The summed E-state index contributed by atoms with van der Waals surface area (Å²) in [5.41, 5.74) is 0.168. The van der Waals surface area contributed by atoms with Crippen LogP contribution in [0.2, 0.25) is 0 Å². The zero-order chi connectivity index (χ0) is 14.2. The molecular weight excluding hydrogens is 254 g/mol. The second-order valence-electron chi connectivity index (χ2n) is 5.70. The summed E-state index contributed by atoms with van der Waals surface area (Å²) in [5, 5.41) is 2.93. The van der Waals surface area contributed by atoms with Crippen LogP contribution in [0.5, 0.6) is 0 Å². The van der Waals surface area contributed by atoms with E-state index in [9.17, 15) is 9.59 Å². The van der Waals surface area contributed by atoms with Crippen LogP contribution in [0.3, 0.4) is 0 Å². The van der Waals surface area contributed by atoms with E-state index >= 15 is 0 Å². The van der Waals surface area contributed by atoms with Crippen molar-refractivity contribution in [3.63, 3.8) is 0 Å². The van der Waals surface area contributed by atoms with Gasteiger partial charge in [0.1, 0.15) is 12.1 Å². The number of hydrogen-bond acceptors (Lipinski definition) is 3. The molecule has 1 saturated carbocycles. The molecule has 1 aromatic rings. The number of rotatable bonds is 2. The van der Waals surface area contributed by atoms with Gasteiger partial charge in [-0.05, 0) is 31.9 Å². The normalized spacial score (nSPS) is 22.9. The standard InChI is InChI=1S/C15H19N3O2/c1-11(12-6-2-5-9-16-12)18-10-13(19)17-15(14(18)20)7-3-4-8-15/h2,5-6,9,11H,3-4,7-8,10H2,1H3,(H,17,19). The number of piperazine rings is 1. The third-order valence-electron chi connectivity index (χ3n) is 4.40. The van der Waals surface area contributed by atoms with Crippen molar-refractivity contribution in [2.24, 2.45) is 0 Å². The van der Waals surface area contributed by atoms with Crippen LogP contribution in [0.4, 0.5) is 0 Å². The van der Waals surface area contributed by atoms with E-state index in [4.69, 9.17) is 0 Å². The number of nitrogens with zero attached hydrogens (tertiary/aromatic N) is 2. The third kappa shape index (κ3) is 2.07. The predicted octanol–water partition coefficient (Wildman–Crippen LogP) is 1.41. The van der Waals surface area contributed by atoms with Crippen molar-refractivity contribution in [2.45, 2.75) is 44.2 Å². The summed E-state index contributed by atoms with van der Waals surface area (Å²) in [4.78, 5) is 30.8. The zero-order valence-corrected chi connectivity index (χ0v) is 11.6. The van der Waals surface area contributed by atoms with E-state index in [2.05, 4.69) is 10.3 Å². The average molecular weight is 273 g/mol. The van der Waals surface area contributed by atoms with Crippen LogP contribution in [0, 0.1) is 0 Å². The summed E-state index contributed by atoms with van der Waals surface area (Å²) < 4.78 is 0. The van der Waals surface area contributed by atoms with Gasteiger partial charge in [-0.2, -0.15) is 0 Å². The van der Waals surface area contributed by atoms with Gasteiger partial charge in [0.25, 0.3) is 0 Å². The molecule has 1 atom stereocenters. The van der Waals surface area contributed by atoms with Crippen molar-refractivity contribution in [2.75, 3.05) is 6.54 Å². The number of hydrogen-bond donors (Lipinski definition) is 1. The van der Waals surface area contributed by atoms with E-state index < -0.39 is 5.54 Å². The van der Waals surface area contributed by atoms with Crippen LogP contribution in [-0.4, -0.2) is 33.8 Å². The minimum absolute atomic E-state index is 0.0488. The summed E-state index contributed by atoms with van der Waals surface area (Å²) in [6, 6.07) is 5.47. The smallest absolute Gasteiger partial charge is 0.249 e. The van der Waals surface area contributed by atoms with Crippen LogP contribution >= 0.6 is 0 Å². The molecule has 1 aromatic heterocycles. The van der Waals surface area contributed by atoms with Crippen LogP contribution in [-0.2, 0) is 9.59 Å². The van der Waals surface area contributed by atoms with Gasteiger partial charge >= 0.3 is 0 Å². The van der Waals surface area contributed by atoms with E-state index in [-0.39, 0.29) is 24.4 Å². The van der Waals surface area contributed by atoms with Gasteiger partial charge in [0.05, 0.1) is 11.7 Å². The molecule has 5 heteroatoms. The predicted molar refractivity (Wildman–Crippen MR) is 73.7 cm³/mol. The molecule has 0 bridgehead atoms. The van der Waals surface area contributed by atoms with Crippen LogP contribution in [0.25, 0.3) is 0 Å². The van der Waals surface area contributed by atoms with Gasteiger partial charge in [0.15, 0.2) is 0 Å². The fraction of sp³-hybridized carbons (Fsp3) is 0.533. The Morgan fingerprint density at radius 1 is 1.30 bits per heavy atom. The largest absolute Gasteiger partial charge is 0.340 e. The first-order valence-electron chi connectivity index (χ1n) is 7.15. The van der Waals surface area contributed by atoms with Crippen LogP contribution < -0.4 is 5.32 Å². The molecule has 3 rings (SSSR count). The monoisotopic (exact) mass is 273 g/mol. The lowest BCUT2D eigenvalue weighted by Gasteiger charge is -2.42. The van der Waals surface area contributed by atoms with Gasteiger partial charge in [-0.1, -0.05) is 18.9 Å². The van der Waals surface area contributed by atoms with E-state index in [1.165, 1.54) is 0 Å². The van der Waals surface area contributed by atoms with Gasteiger partial charge in [0, 0.05) is 6.20 Å². The van der Waals surface area contributed by atoms with Crippen molar-refractivity contribution < 1.29 is 9.59 Å². The molecule has 1 unspecified atom stereocenters. The molecule has 1 N–H and O–H groups in total. The second kappa shape index (κ2) is 4.89. The van der Waals surface area contributed by atoms with Gasteiger partial charge in [-0.3, -0.25) is 14.6 Å². The first kappa shape index (κ1) is 13.1. The lowest BCUT2D eigenvalue weighted by atomic mass is 9.92. The molecule has 1 aliphatic carbocycles. The Labute approximate surface area is 118 Å². The Balaban J connectivity index is 1.88. The molecule has 2 aliphatic rings. The summed E-state index contributed by atoms with van der Waals surface area (Å²) >= 11 is 0. The lowest BCUT2D eigenvalue weighted by molar-refractivity contribution is -0.152. The van der Waals surface area contributed by atoms with Crippen molar-refractivity contribution in [3.8, 4) is 0 Å². The molecule has 0 radical (unpaired) electrons. The highest BCUT2D eigenvalue weighted by atomic mass is 16.2. The lowest BCUT2D eigenvalue weighted by Crippen LogP contribution is -2.65. The minimum Gasteiger partial charge on any atom is -0.340 e. The molecule has 2 heterocycles. The Bertz CT molecular complexity index is 523. The molecule has 0 aromatic carbocycles. The van der Waals surface area contributed by atoms with Crippen LogP contribution in [0.1, 0.15) is 44.3 Å². The van der Waals surface area contributed by atoms with Gasteiger partial charge < -0.3 is 10.2 Å². The van der Waals surface area contributed by atoms with E-state index in [1.54, 1.807) is 11.1 Å². The topological polar surface area (TPSA) is 62.3 Å². The fourth-order valence-corrected chi connectivity index (χ4v) is 3.27. The SMILES string of the molecule is CC(c1ccccn1)N1CC(=O)NC2(CCCC2)C1=O. The number of carbonyl (C=O) groups is 2. The highest BCUT2D eigenvalue weighted by molar-refractivity contribution is 5.98. The maximum Gasteiger partial charge on any atom is 0.249 e. The second-order valence-corrected chi connectivity index (χ2v) is 5.70. The zero-order valence-electron chi connectivity index (χ0n) is 11.6. The molecule has 106 valence electrons. The first-order chi connectivity index (χ1) is 9.62. The first-order valence-corrected chi connectivity index (χ1v) is 7.15. The number of nitrogens with one attached hydrogen (secondary N) is 1. The molecule has 5 nitrogen and oxygen atoms in total. The number of pyridine rings is 1. The van der Waals surface area contributed by atoms with Crippen LogP contribution in [0.15, 0.2) is 24.4 Å². The van der Waals surface area contributed by atoms with Crippen molar-refractivity contribution in [3.05, 3.63) is 30.1 Å². The highest BCUT2D eigenvalue weighted by Gasteiger charge is 2.49. The fourth-order valence-electron chi connectivity index (χ4n) is 3.27. The van der Waals surface area contributed by atoms with Gasteiger partial charge in [0.2, 0.25) is 11.8 Å². The van der Waals surface area contributed by atoms with Crippen molar-refractivity contribution in [1.29, 1.82) is 0 Å². The summed E-state index contributed by atoms with van der Waals surface area (Å²) in [7, 11) is 0. The molecule has 1 saturated heterocycles. The highest BCUT2D eigenvalue weighted by Crippen LogP contribution is 2.35. The quantitative estimate of drug-likeness (QED) is 0.886. The number of aromatic nitrogens is 1. The third-order valence-corrected chi connectivity index (χ3v) is 4.40. The number of carbonyl (C=O) groups excluding carboxylic acids is 2. The molecule has 20 heavy (non-hydrogen) atoms.